The van der Waals surface area contributed by atoms with Crippen LogP contribution in [-0.2, 0) is 21.2 Å². The van der Waals surface area contributed by atoms with Gasteiger partial charge in [-0.3, -0.25) is 9.52 Å². The molecule has 2 rings (SSSR count). The third-order valence-corrected chi connectivity index (χ3v) is 5.34. The SMILES string of the molecule is CC(C)NC(=O)Cc1ccc(NS(=O)(=O)c2ccc(Cl)c(Cl)c2)cc1. The first-order valence-corrected chi connectivity index (χ1v) is 9.77. The van der Waals surface area contributed by atoms with Crippen LogP contribution < -0.4 is 10.0 Å². The van der Waals surface area contributed by atoms with Gasteiger partial charge >= 0.3 is 0 Å². The van der Waals surface area contributed by atoms with Gasteiger partial charge in [0.15, 0.2) is 0 Å². The Balaban J connectivity index is 2.09. The van der Waals surface area contributed by atoms with Crippen molar-refractivity contribution in [1.82, 2.24) is 5.32 Å². The van der Waals surface area contributed by atoms with Gasteiger partial charge in [-0.1, -0.05) is 35.3 Å². The van der Waals surface area contributed by atoms with Crippen LogP contribution >= 0.6 is 23.2 Å². The van der Waals surface area contributed by atoms with E-state index in [1.54, 1.807) is 24.3 Å². The number of hydrogen-bond donors (Lipinski definition) is 2. The molecule has 0 aromatic heterocycles. The van der Waals surface area contributed by atoms with Crippen molar-refractivity contribution in [2.45, 2.75) is 31.2 Å². The fourth-order valence-corrected chi connectivity index (χ4v) is 3.55. The van der Waals surface area contributed by atoms with E-state index in [2.05, 4.69) is 10.0 Å². The lowest BCUT2D eigenvalue weighted by molar-refractivity contribution is -0.120. The van der Waals surface area contributed by atoms with E-state index < -0.39 is 10.0 Å². The summed E-state index contributed by atoms with van der Waals surface area (Å²) < 4.78 is 27.2. The zero-order chi connectivity index (χ0) is 18.6. The molecule has 0 aliphatic carbocycles. The average molecular weight is 401 g/mol. The molecule has 0 unspecified atom stereocenters. The third-order valence-electron chi connectivity index (χ3n) is 3.22. The summed E-state index contributed by atoms with van der Waals surface area (Å²) in [5, 5.41) is 3.25. The first-order valence-electron chi connectivity index (χ1n) is 7.53. The van der Waals surface area contributed by atoms with Crippen molar-refractivity contribution in [3.63, 3.8) is 0 Å². The number of benzene rings is 2. The zero-order valence-electron chi connectivity index (χ0n) is 13.7. The van der Waals surface area contributed by atoms with E-state index in [4.69, 9.17) is 23.2 Å². The van der Waals surface area contributed by atoms with Gasteiger partial charge in [0, 0.05) is 11.7 Å². The summed E-state index contributed by atoms with van der Waals surface area (Å²) >= 11 is 11.7. The van der Waals surface area contributed by atoms with Crippen molar-refractivity contribution in [1.29, 1.82) is 0 Å². The van der Waals surface area contributed by atoms with E-state index in [0.29, 0.717) is 5.69 Å². The minimum absolute atomic E-state index is 0.0160. The van der Waals surface area contributed by atoms with Crippen molar-refractivity contribution >= 4 is 44.8 Å². The standard InChI is InChI=1S/C17H18Cl2N2O3S/c1-11(2)20-17(22)9-12-3-5-13(6-4-12)21-25(23,24)14-7-8-15(18)16(19)10-14/h3-8,10-11,21H,9H2,1-2H3,(H,20,22). The maximum atomic E-state index is 12.4. The molecule has 2 N–H and O–H groups in total. The van der Waals surface area contributed by atoms with Crippen LogP contribution in [0.3, 0.4) is 0 Å². The second kappa shape index (κ2) is 8.08. The van der Waals surface area contributed by atoms with E-state index in [1.807, 2.05) is 13.8 Å². The molecule has 25 heavy (non-hydrogen) atoms. The quantitative estimate of drug-likeness (QED) is 0.772. The minimum Gasteiger partial charge on any atom is -0.354 e. The van der Waals surface area contributed by atoms with Gasteiger partial charge in [-0.25, -0.2) is 8.42 Å². The number of anilines is 1. The molecule has 5 nitrogen and oxygen atoms in total. The number of carbonyl (C=O) groups is 1. The van der Waals surface area contributed by atoms with E-state index in [1.165, 1.54) is 18.2 Å². The van der Waals surface area contributed by atoms with Gasteiger partial charge in [0.1, 0.15) is 0 Å². The highest BCUT2D eigenvalue weighted by molar-refractivity contribution is 7.92. The Hall–Kier alpha value is -1.76. The van der Waals surface area contributed by atoms with Gasteiger partial charge in [-0.2, -0.15) is 0 Å². The van der Waals surface area contributed by atoms with Crippen molar-refractivity contribution in [2.24, 2.45) is 0 Å². The molecule has 0 heterocycles. The highest BCUT2D eigenvalue weighted by Crippen LogP contribution is 2.26. The molecule has 0 atom stereocenters. The molecule has 2 aromatic carbocycles. The van der Waals surface area contributed by atoms with Crippen LogP contribution in [0.5, 0.6) is 0 Å². The van der Waals surface area contributed by atoms with E-state index in [9.17, 15) is 13.2 Å². The lowest BCUT2D eigenvalue weighted by Gasteiger charge is -2.10. The summed E-state index contributed by atoms with van der Waals surface area (Å²) in [4.78, 5) is 11.8. The van der Waals surface area contributed by atoms with Gasteiger partial charge < -0.3 is 5.32 Å². The first kappa shape index (κ1) is 19.6. The van der Waals surface area contributed by atoms with Crippen LogP contribution in [0.1, 0.15) is 19.4 Å². The van der Waals surface area contributed by atoms with Gasteiger partial charge in [-0.15, -0.1) is 0 Å². The Morgan fingerprint density at radius 3 is 2.24 bits per heavy atom. The summed E-state index contributed by atoms with van der Waals surface area (Å²) in [6.45, 7) is 3.78. The largest absolute Gasteiger partial charge is 0.354 e. The fraction of sp³-hybridized carbons (Fsp3) is 0.235. The molecule has 0 aliphatic rings. The van der Waals surface area contributed by atoms with Crippen molar-refractivity contribution in [3.8, 4) is 0 Å². The predicted octanol–water partition coefficient (Wildman–Crippen LogP) is 3.86. The molecule has 1 amide bonds. The smallest absolute Gasteiger partial charge is 0.261 e. The average Bonchev–Trinajstić information content (AvgIpc) is 2.50. The van der Waals surface area contributed by atoms with E-state index >= 15 is 0 Å². The monoisotopic (exact) mass is 400 g/mol. The fourth-order valence-electron chi connectivity index (χ4n) is 2.11. The molecule has 0 saturated heterocycles. The number of rotatable bonds is 6. The topological polar surface area (TPSA) is 75.3 Å². The van der Waals surface area contributed by atoms with Gasteiger partial charge in [-0.05, 0) is 49.7 Å². The Morgan fingerprint density at radius 2 is 1.68 bits per heavy atom. The number of carbonyl (C=O) groups excluding carboxylic acids is 1. The van der Waals surface area contributed by atoms with Gasteiger partial charge in [0.2, 0.25) is 5.91 Å². The molecule has 0 bridgehead atoms. The van der Waals surface area contributed by atoms with Crippen molar-refractivity contribution in [3.05, 3.63) is 58.1 Å². The van der Waals surface area contributed by atoms with Crippen LogP contribution in [0.4, 0.5) is 5.69 Å². The maximum absolute atomic E-state index is 12.4. The summed E-state index contributed by atoms with van der Waals surface area (Å²) in [7, 11) is -3.78. The lowest BCUT2D eigenvalue weighted by atomic mass is 10.1. The summed E-state index contributed by atoms with van der Waals surface area (Å²) in [5.41, 5.74) is 1.18. The Kier molecular flexibility index (Phi) is 6.32. The van der Waals surface area contributed by atoms with E-state index in [0.717, 1.165) is 5.56 Å². The molecular formula is C17H18Cl2N2O3S. The van der Waals surface area contributed by atoms with Crippen LogP contribution in [0.2, 0.25) is 10.0 Å². The number of hydrogen-bond acceptors (Lipinski definition) is 3. The maximum Gasteiger partial charge on any atom is 0.261 e. The van der Waals surface area contributed by atoms with E-state index in [-0.39, 0.29) is 33.3 Å². The summed E-state index contributed by atoms with van der Waals surface area (Å²) in [6.07, 6.45) is 0.234. The normalized spacial score (nSPS) is 11.4. The van der Waals surface area contributed by atoms with Crippen LogP contribution in [0.15, 0.2) is 47.4 Å². The number of sulfonamides is 1. The van der Waals surface area contributed by atoms with Crippen LogP contribution in [-0.4, -0.2) is 20.4 Å². The highest BCUT2D eigenvalue weighted by atomic mass is 35.5. The van der Waals surface area contributed by atoms with Gasteiger partial charge in [0.05, 0.1) is 21.4 Å². The molecule has 0 radical (unpaired) electrons. The predicted molar refractivity (Wildman–Crippen MR) is 101 cm³/mol. The number of nitrogens with one attached hydrogen (secondary N) is 2. The van der Waals surface area contributed by atoms with Crippen molar-refractivity contribution < 1.29 is 13.2 Å². The third kappa shape index (κ3) is 5.63. The lowest BCUT2D eigenvalue weighted by Crippen LogP contribution is -2.31. The molecule has 0 fully saturated rings. The zero-order valence-corrected chi connectivity index (χ0v) is 16.0. The second-order valence-electron chi connectivity index (χ2n) is 5.78. The Bertz CT molecular complexity index is 866. The molecule has 0 aliphatic heterocycles. The Labute approximate surface area is 157 Å². The highest BCUT2D eigenvalue weighted by Gasteiger charge is 2.16. The van der Waals surface area contributed by atoms with Gasteiger partial charge in [0.25, 0.3) is 10.0 Å². The molecule has 0 spiro atoms. The molecule has 0 saturated carbocycles. The molecule has 134 valence electrons. The second-order valence-corrected chi connectivity index (χ2v) is 8.27. The van der Waals surface area contributed by atoms with Crippen LogP contribution in [0.25, 0.3) is 0 Å². The summed E-state index contributed by atoms with van der Waals surface area (Å²) in [5.74, 6) is -0.0841. The van der Waals surface area contributed by atoms with Crippen molar-refractivity contribution in [2.75, 3.05) is 4.72 Å². The first-order chi connectivity index (χ1) is 11.7. The molecular weight excluding hydrogens is 383 g/mol. The number of halogens is 2. The summed E-state index contributed by atoms with van der Waals surface area (Å²) in [6, 6.07) is 10.8. The van der Waals surface area contributed by atoms with Crippen LogP contribution in [0, 0.1) is 0 Å². The Morgan fingerprint density at radius 1 is 1.04 bits per heavy atom. The molecule has 8 heteroatoms. The minimum atomic E-state index is -3.78. The number of amides is 1. The molecule has 2 aromatic rings.